The molecule has 0 N–H and O–H groups in total. The molecule has 2 nitrogen and oxygen atoms in total. The summed E-state index contributed by atoms with van der Waals surface area (Å²) >= 11 is 0. The Balaban J connectivity index is 0.963. The molecule has 0 radical (unpaired) electrons. The maximum atomic E-state index is 2.51. The van der Waals surface area contributed by atoms with Crippen molar-refractivity contribution in [1.82, 2.24) is 4.57 Å². The van der Waals surface area contributed by atoms with E-state index in [0.717, 1.165) is 23.5 Å². The average molecular weight is 881 g/mol. The van der Waals surface area contributed by atoms with E-state index in [4.69, 9.17) is 0 Å². The van der Waals surface area contributed by atoms with Gasteiger partial charge in [-0.2, -0.15) is 0 Å². The summed E-state index contributed by atoms with van der Waals surface area (Å²) in [6.07, 6.45) is 8.95. The summed E-state index contributed by atoms with van der Waals surface area (Å²) in [5.74, 6) is 0. The lowest BCUT2D eigenvalue weighted by Gasteiger charge is -2.30. The lowest BCUT2D eigenvalue weighted by Crippen LogP contribution is -2.21. The van der Waals surface area contributed by atoms with E-state index in [-0.39, 0.29) is 5.41 Å². The maximum absolute atomic E-state index is 2.51. The van der Waals surface area contributed by atoms with Gasteiger partial charge in [0.05, 0.1) is 11.0 Å². The number of rotatable bonds is 14. The highest BCUT2D eigenvalue weighted by molar-refractivity contribution is 6.10. The fraction of sp³-hybridized carbons (Fsp3) is 0.182. The molecule has 1 aliphatic carbocycles. The zero-order valence-electron chi connectivity index (χ0n) is 40.0. The number of aryl methyl sites for hydroxylation is 2. The smallest absolute Gasteiger partial charge is 0.0541 e. The quantitative estimate of drug-likeness (QED) is 0.0988. The van der Waals surface area contributed by atoms with Gasteiger partial charge < -0.3 is 9.47 Å². The van der Waals surface area contributed by atoms with Crippen LogP contribution in [-0.4, -0.2) is 4.57 Å². The van der Waals surface area contributed by atoms with Crippen molar-refractivity contribution < 1.29 is 0 Å². The van der Waals surface area contributed by atoms with Crippen LogP contribution < -0.4 is 4.90 Å². The zero-order valence-corrected chi connectivity index (χ0v) is 40.0. The Morgan fingerprint density at radius 3 is 1.59 bits per heavy atom. The van der Waals surface area contributed by atoms with Crippen molar-refractivity contribution in [3.8, 4) is 50.2 Å². The second kappa shape index (κ2) is 18.3. The standard InChI is InChI=1S/C66H60N2/c1-5-6-7-8-9-15-42-66(4)62-19-14-13-18-58(62)59-39-38-57(45-63(59)66)67(54-32-25-50(26-33-54)48-16-11-10-12-17-48)55-34-29-52(30-35-55)53-31-41-65-61(44-53)60-43-47(3)22-40-64(60)68(65)56-36-27-51(28-37-56)49-23-20-46(2)21-24-49/h10-14,16-41,43-45H,5-9,15,42H2,1-4H3. The minimum absolute atomic E-state index is 0.0510. The molecule has 1 unspecified atom stereocenters. The molecule has 9 aromatic carbocycles. The van der Waals surface area contributed by atoms with Gasteiger partial charge in [0.2, 0.25) is 0 Å². The van der Waals surface area contributed by atoms with E-state index < -0.39 is 0 Å². The van der Waals surface area contributed by atoms with E-state index in [2.05, 4.69) is 243 Å². The summed E-state index contributed by atoms with van der Waals surface area (Å²) in [5, 5.41) is 2.53. The van der Waals surface area contributed by atoms with Gasteiger partial charge in [0.1, 0.15) is 0 Å². The Kier molecular flexibility index (Phi) is 11.6. The normalized spacial score (nSPS) is 14.1. The van der Waals surface area contributed by atoms with Crippen molar-refractivity contribution in [2.45, 2.75) is 78.1 Å². The molecule has 10 aromatic rings. The van der Waals surface area contributed by atoms with Gasteiger partial charge in [-0.05, 0) is 149 Å². The highest BCUT2D eigenvalue weighted by Gasteiger charge is 2.39. The van der Waals surface area contributed by atoms with Crippen molar-refractivity contribution in [2.24, 2.45) is 0 Å². The molecule has 0 bridgehead atoms. The summed E-state index contributed by atoms with van der Waals surface area (Å²) in [6, 6.07) is 77.1. The van der Waals surface area contributed by atoms with E-state index in [1.54, 1.807) is 0 Å². The number of benzene rings is 9. The third-order valence-electron chi connectivity index (χ3n) is 14.8. The van der Waals surface area contributed by atoms with Gasteiger partial charge in [0.25, 0.3) is 0 Å². The van der Waals surface area contributed by atoms with Crippen molar-refractivity contribution in [3.63, 3.8) is 0 Å². The van der Waals surface area contributed by atoms with E-state index in [0.29, 0.717) is 0 Å². The minimum atomic E-state index is -0.0510. The monoisotopic (exact) mass is 880 g/mol. The molecule has 68 heavy (non-hydrogen) atoms. The van der Waals surface area contributed by atoms with Crippen molar-refractivity contribution in [1.29, 1.82) is 0 Å². The van der Waals surface area contributed by atoms with Crippen LogP contribution >= 0.6 is 0 Å². The number of fused-ring (bicyclic) bond motifs is 6. The third kappa shape index (κ3) is 8.02. The van der Waals surface area contributed by atoms with Gasteiger partial charge in [-0.3, -0.25) is 0 Å². The lowest BCUT2D eigenvalue weighted by atomic mass is 9.76. The van der Waals surface area contributed by atoms with Crippen LogP contribution in [0, 0.1) is 13.8 Å². The Bertz CT molecular complexity index is 3380. The zero-order chi connectivity index (χ0) is 46.2. The Morgan fingerprint density at radius 2 is 0.897 bits per heavy atom. The second-order valence-electron chi connectivity index (χ2n) is 19.4. The number of hydrogen-bond acceptors (Lipinski definition) is 1. The van der Waals surface area contributed by atoms with Gasteiger partial charge >= 0.3 is 0 Å². The fourth-order valence-electron chi connectivity index (χ4n) is 11.1. The van der Waals surface area contributed by atoms with Crippen LogP contribution in [0.5, 0.6) is 0 Å². The predicted octanol–water partition coefficient (Wildman–Crippen LogP) is 18.9. The van der Waals surface area contributed by atoms with E-state index >= 15 is 0 Å². The first-order valence-electron chi connectivity index (χ1n) is 24.9. The molecule has 334 valence electrons. The molecule has 0 saturated heterocycles. The Morgan fingerprint density at radius 1 is 0.397 bits per heavy atom. The van der Waals surface area contributed by atoms with Gasteiger partial charge in [-0.1, -0.05) is 197 Å². The van der Waals surface area contributed by atoms with Crippen LogP contribution in [-0.2, 0) is 5.41 Å². The number of unbranched alkanes of at least 4 members (excludes halogenated alkanes) is 5. The van der Waals surface area contributed by atoms with Crippen LogP contribution in [0.3, 0.4) is 0 Å². The van der Waals surface area contributed by atoms with Gasteiger partial charge in [0, 0.05) is 38.9 Å². The largest absolute Gasteiger partial charge is 0.310 e. The molecule has 1 atom stereocenters. The Hall–Kier alpha value is -7.42. The SMILES string of the molecule is CCCCCCCCC1(C)c2ccccc2-c2ccc(N(c3ccc(-c4ccccc4)cc3)c3ccc(-c4ccc5c(c4)c4cc(C)ccc4n5-c4ccc(-c5ccc(C)cc5)cc4)cc3)cc21. The van der Waals surface area contributed by atoms with E-state index in [9.17, 15) is 0 Å². The molecule has 0 spiro atoms. The molecule has 1 aliphatic rings. The molecule has 0 aliphatic heterocycles. The third-order valence-corrected chi connectivity index (χ3v) is 14.8. The van der Waals surface area contributed by atoms with Crippen molar-refractivity contribution >= 4 is 38.9 Å². The summed E-state index contributed by atoms with van der Waals surface area (Å²) in [6.45, 7) is 9.13. The maximum Gasteiger partial charge on any atom is 0.0541 e. The molecule has 2 heteroatoms. The van der Waals surface area contributed by atoms with Crippen LogP contribution in [0.1, 0.15) is 81.0 Å². The number of hydrogen-bond donors (Lipinski definition) is 0. The topological polar surface area (TPSA) is 8.17 Å². The highest BCUT2D eigenvalue weighted by atomic mass is 15.1. The van der Waals surface area contributed by atoms with Crippen LogP contribution in [0.15, 0.2) is 206 Å². The van der Waals surface area contributed by atoms with Gasteiger partial charge in [-0.25, -0.2) is 0 Å². The lowest BCUT2D eigenvalue weighted by molar-refractivity contribution is 0.481. The summed E-state index contributed by atoms with van der Waals surface area (Å²) in [5.41, 5.74) is 22.5. The van der Waals surface area contributed by atoms with Gasteiger partial charge in [-0.15, -0.1) is 0 Å². The summed E-state index contributed by atoms with van der Waals surface area (Å²) in [7, 11) is 0. The van der Waals surface area contributed by atoms with E-state index in [1.165, 1.54) is 133 Å². The Labute approximate surface area is 403 Å². The molecule has 0 fully saturated rings. The van der Waals surface area contributed by atoms with Crippen molar-refractivity contribution in [2.75, 3.05) is 4.90 Å². The number of aromatic nitrogens is 1. The fourth-order valence-corrected chi connectivity index (χ4v) is 11.1. The molecule has 0 saturated carbocycles. The molecular formula is C66H60N2. The average Bonchev–Trinajstić information content (AvgIpc) is 3.84. The molecule has 1 aromatic heterocycles. The van der Waals surface area contributed by atoms with Crippen LogP contribution in [0.2, 0.25) is 0 Å². The first-order chi connectivity index (χ1) is 33.4. The van der Waals surface area contributed by atoms with Crippen LogP contribution in [0.4, 0.5) is 17.1 Å². The minimum Gasteiger partial charge on any atom is -0.310 e. The predicted molar refractivity (Wildman–Crippen MR) is 291 cm³/mol. The van der Waals surface area contributed by atoms with Crippen LogP contribution in [0.25, 0.3) is 72.0 Å². The number of anilines is 3. The summed E-state index contributed by atoms with van der Waals surface area (Å²) in [4.78, 5) is 2.46. The van der Waals surface area contributed by atoms with Gasteiger partial charge in [0.15, 0.2) is 0 Å². The molecule has 1 heterocycles. The second-order valence-corrected chi connectivity index (χ2v) is 19.4. The molecule has 0 amide bonds. The van der Waals surface area contributed by atoms with E-state index in [1.807, 2.05) is 0 Å². The number of nitrogens with zero attached hydrogens (tertiary/aromatic N) is 2. The molecule has 11 rings (SSSR count). The summed E-state index contributed by atoms with van der Waals surface area (Å²) < 4.78 is 2.42. The van der Waals surface area contributed by atoms with Crippen molar-refractivity contribution in [3.05, 3.63) is 229 Å². The molecular weight excluding hydrogens is 821 g/mol. The highest BCUT2D eigenvalue weighted by Crippen LogP contribution is 2.53. The first kappa shape index (κ1) is 43.2. The first-order valence-corrected chi connectivity index (χ1v) is 24.9.